The van der Waals surface area contributed by atoms with Crippen LogP contribution >= 0.6 is 0 Å². The fraction of sp³-hybridized carbons (Fsp3) is 0.364. The second-order valence-corrected chi connectivity index (χ2v) is 3.38. The molecule has 14 heavy (non-hydrogen) atoms. The van der Waals surface area contributed by atoms with Crippen LogP contribution in [0, 0.1) is 0 Å². The van der Waals surface area contributed by atoms with Crippen LogP contribution in [0.5, 0.6) is 0 Å². The zero-order chi connectivity index (χ0) is 9.80. The lowest BCUT2D eigenvalue weighted by molar-refractivity contribution is 0.835. The molecule has 0 bridgehead atoms. The number of aromatic nitrogens is 2. The SMILES string of the molecule is CCCCNc1ccnc2[nH]ccc12. The summed E-state index contributed by atoms with van der Waals surface area (Å²) < 4.78 is 0. The Morgan fingerprint density at radius 3 is 3.21 bits per heavy atom. The van der Waals surface area contributed by atoms with Crippen LogP contribution in [0.1, 0.15) is 19.8 Å². The Morgan fingerprint density at radius 2 is 2.36 bits per heavy atom. The van der Waals surface area contributed by atoms with E-state index >= 15 is 0 Å². The molecule has 0 saturated heterocycles. The van der Waals surface area contributed by atoms with Gasteiger partial charge in [-0.3, -0.25) is 0 Å². The number of rotatable bonds is 4. The van der Waals surface area contributed by atoms with Gasteiger partial charge in [0.05, 0.1) is 0 Å². The zero-order valence-corrected chi connectivity index (χ0v) is 8.38. The fourth-order valence-electron chi connectivity index (χ4n) is 1.51. The Kier molecular flexibility index (Phi) is 2.68. The van der Waals surface area contributed by atoms with Gasteiger partial charge in [0.2, 0.25) is 0 Å². The van der Waals surface area contributed by atoms with Crippen molar-refractivity contribution in [3.05, 3.63) is 24.5 Å². The number of H-pyrrole nitrogens is 1. The van der Waals surface area contributed by atoms with Gasteiger partial charge in [0.25, 0.3) is 0 Å². The van der Waals surface area contributed by atoms with E-state index in [0.717, 1.165) is 12.2 Å². The number of nitrogens with zero attached hydrogens (tertiary/aromatic N) is 1. The molecule has 2 N–H and O–H groups in total. The molecular formula is C11H15N3. The molecule has 0 unspecified atom stereocenters. The second-order valence-electron chi connectivity index (χ2n) is 3.38. The molecule has 2 aromatic heterocycles. The topological polar surface area (TPSA) is 40.7 Å². The summed E-state index contributed by atoms with van der Waals surface area (Å²) in [4.78, 5) is 7.33. The zero-order valence-electron chi connectivity index (χ0n) is 8.38. The molecule has 0 amide bonds. The van der Waals surface area contributed by atoms with Gasteiger partial charge >= 0.3 is 0 Å². The monoisotopic (exact) mass is 189 g/mol. The third-order valence-electron chi connectivity index (χ3n) is 2.31. The Hall–Kier alpha value is -1.51. The average molecular weight is 189 g/mol. The predicted octanol–water partition coefficient (Wildman–Crippen LogP) is 2.77. The number of hydrogen-bond donors (Lipinski definition) is 2. The highest BCUT2D eigenvalue weighted by atomic mass is 14.9. The molecule has 0 fully saturated rings. The number of pyridine rings is 1. The Morgan fingerprint density at radius 1 is 1.43 bits per heavy atom. The predicted molar refractivity (Wildman–Crippen MR) is 59.5 cm³/mol. The minimum atomic E-state index is 0.950. The molecule has 3 nitrogen and oxygen atoms in total. The van der Waals surface area contributed by atoms with Gasteiger partial charge in [0.15, 0.2) is 0 Å². The van der Waals surface area contributed by atoms with Gasteiger partial charge in [-0.1, -0.05) is 13.3 Å². The van der Waals surface area contributed by atoms with Gasteiger partial charge in [-0.05, 0) is 18.6 Å². The normalized spacial score (nSPS) is 10.6. The van der Waals surface area contributed by atoms with Crippen LogP contribution < -0.4 is 5.32 Å². The largest absolute Gasteiger partial charge is 0.384 e. The number of hydrogen-bond acceptors (Lipinski definition) is 2. The molecule has 0 spiro atoms. The van der Waals surface area contributed by atoms with Gasteiger partial charge in [-0.15, -0.1) is 0 Å². The Labute approximate surface area is 83.6 Å². The van der Waals surface area contributed by atoms with Crippen LogP contribution in [0.4, 0.5) is 5.69 Å². The van der Waals surface area contributed by atoms with Gasteiger partial charge in [-0.2, -0.15) is 0 Å². The summed E-state index contributed by atoms with van der Waals surface area (Å²) in [6, 6.07) is 4.07. The maximum absolute atomic E-state index is 4.23. The molecular weight excluding hydrogens is 174 g/mol. The van der Waals surface area contributed by atoms with Crippen molar-refractivity contribution in [1.29, 1.82) is 0 Å². The van der Waals surface area contributed by atoms with Gasteiger partial charge in [-0.25, -0.2) is 4.98 Å². The van der Waals surface area contributed by atoms with Crippen LogP contribution in [-0.4, -0.2) is 16.5 Å². The maximum atomic E-state index is 4.23. The van der Waals surface area contributed by atoms with Crippen molar-refractivity contribution >= 4 is 16.7 Å². The van der Waals surface area contributed by atoms with E-state index in [0.29, 0.717) is 0 Å². The minimum absolute atomic E-state index is 0.950. The number of fused-ring (bicyclic) bond motifs is 1. The van der Waals surface area contributed by atoms with Crippen molar-refractivity contribution in [2.75, 3.05) is 11.9 Å². The van der Waals surface area contributed by atoms with E-state index in [4.69, 9.17) is 0 Å². The molecule has 3 heteroatoms. The number of aromatic amines is 1. The first kappa shape index (κ1) is 9.06. The highest BCUT2D eigenvalue weighted by Gasteiger charge is 2.00. The highest BCUT2D eigenvalue weighted by Crippen LogP contribution is 2.19. The summed E-state index contributed by atoms with van der Waals surface area (Å²) in [6.45, 7) is 3.22. The lowest BCUT2D eigenvalue weighted by Crippen LogP contribution is -2.01. The summed E-state index contributed by atoms with van der Waals surface area (Å²) in [7, 11) is 0. The molecule has 0 aliphatic carbocycles. The van der Waals surface area contributed by atoms with Crippen molar-refractivity contribution in [1.82, 2.24) is 9.97 Å². The first-order valence-electron chi connectivity index (χ1n) is 5.08. The van der Waals surface area contributed by atoms with E-state index in [9.17, 15) is 0 Å². The summed E-state index contributed by atoms with van der Waals surface area (Å²) in [5.41, 5.74) is 2.12. The van der Waals surface area contributed by atoms with Crippen molar-refractivity contribution in [2.45, 2.75) is 19.8 Å². The van der Waals surface area contributed by atoms with E-state index < -0.39 is 0 Å². The average Bonchev–Trinajstić information content (AvgIpc) is 2.67. The van der Waals surface area contributed by atoms with E-state index in [1.165, 1.54) is 23.9 Å². The number of anilines is 1. The van der Waals surface area contributed by atoms with Crippen LogP contribution in [0.2, 0.25) is 0 Å². The third kappa shape index (κ3) is 1.71. The van der Waals surface area contributed by atoms with Crippen molar-refractivity contribution in [2.24, 2.45) is 0 Å². The van der Waals surface area contributed by atoms with Crippen LogP contribution in [0.3, 0.4) is 0 Å². The lowest BCUT2D eigenvalue weighted by Gasteiger charge is -2.05. The summed E-state index contributed by atoms with van der Waals surface area (Å²) in [5, 5.41) is 4.58. The van der Waals surface area contributed by atoms with E-state index in [1.54, 1.807) is 0 Å². The quantitative estimate of drug-likeness (QED) is 0.726. The smallest absolute Gasteiger partial charge is 0.139 e. The summed E-state index contributed by atoms with van der Waals surface area (Å²) >= 11 is 0. The van der Waals surface area contributed by atoms with E-state index in [1.807, 2.05) is 18.5 Å². The van der Waals surface area contributed by atoms with E-state index in [2.05, 4.69) is 28.3 Å². The molecule has 0 radical (unpaired) electrons. The van der Waals surface area contributed by atoms with Crippen LogP contribution in [0.25, 0.3) is 11.0 Å². The minimum Gasteiger partial charge on any atom is -0.384 e. The molecule has 74 valence electrons. The molecule has 2 aromatic rings. The third-order valence-corrected chi connectivity index (χ3v) is 2.31. The highest BCUT2D eigenvalue weighted by molar-refractivity contribution is 5.88. The van der Waals surface area contributed by atoms with E-state index in [-0.39, 0.29) is 0 Å². The van der Waals surface area contributed by atoms with Crippen molar-refractivity contribution in [3.63, 3.8) is 0 Å². The first-order valence-corrected chi connectivity index (χ1v) is 5.08. The van der Waals surface area contributed by atoms with Crippen LogP contribution in [-0.2, 0) is 0 Å². The number of nitrogens with one attached hydrogen (secondary N) is 2. The van der Waals surface area contributed by atoms with Gasteiger partial charge < -0.3 is 10.3 Å². The Bertz CT molecular complexity index is 406. The number of unbranched alkanes of at least 4 members (excludes halogenated alkanes) is 1. The molecule has 2 rings (SSSR count). The van der Waals surface area contributed by atoms with Gasteiger partial charge in [0, 0.05) is 30.0 Å². The Balaban J connectivity index is 2.19. The molecule has 0 saturated carbocycles. The van der Waals surface area contributed by atoms with Crippen molar-refractivity contribution < 1.29 is 0 Å². The fourth-order valence-corrected chi connectivity index (χ4v) is 1.51. The standard InChI is InChI=1S/C11H15N3/c1-2-3-6-12-10-5-8-14-11-9(10)4-7-13-11/h4-5,7-8H,2-3,6H2,1H3,(H2,12,13,14). The van der Waals surface area contributed by atoms with Crippen LogP contribution in [0.15, 0.2) is 24.5 Å². The molecule has 2 heterocycles. The lowest BCUT2D eigenvalue weighted by atomic mass is 10.2. The molecule has 0 aromatic carbocycles. The molecule has 0 atom stereocenters. The van der Waals surface area contributed by atoms with Crippen molar-refractivity contribution in [3.8, 4) is 0 Å². The maximum Gasteiger partial charge on any atom is 0.139 e. The first-order chi connectivity index (χ1) is 6.92. The summed E-state index contributed by atoms with van der Waals surface area (Å²) in [5.74, 6) is 0. The summed E-state index contributed by atoms with van der Waals surface area (Å²) in [6.07, 6.45) is 6.17. The van der Waals surface area contributed by atoms with Gasteiger partial charge in [0.1, 0.15) is 5.65 Å². The second kappa shape index (κ2) is 4.13. The molecule has 0 aliphatic rings. The molecule has 0 aliphatic heterocycles.